The maximum Gasteiger partial charge on any atom is 0.407 e. The second-order valence-electron chi connectivity index (χ2n) is 10.3. The lowest BCUT2D eigenvalue weighted by molar-refractivity contribution is -0.248. The Bertz CT molecular complexity index is 855. The van der Waals surface area contributed by atoms with Crippen molar-refractivity contribution in [3.8, 4) is 0 Å². The van der Waals surface area contributed by atoms with E-state index in [2.05, 4.69) is 5.32 Å². The molecule has 1 aromatic carbocycles. The summed E-state index contributed by atoms with van der Waals surface area (Å²) in [5.41, 5.74) is -3.10. The number of unbranched alkanes of at least 4 members (excludes halogenated alkanes) is 1. The van der Waals surface area contributed by atoms with Crippen LogP contribution in [0.3, 0.4) is 0 Å². The highest BCUT2D eigenvalue weighted by Gasteiger charge is 2.60. The quantitative estimate of drug-likeness (QED) is 0.329. The largest absolute Gasteiger partial charge is 0.465 e. The molecule has 204 valence electrons. The van der Waals surface area contributed by atoms with Gasteiger partial charge in [0.1, 0.15) is 17.0 Å². The van der Waals surface area contributed by atoms with Crippen molar-refractivity contribution >= 4 is 17.7 Å². The molecule has 1 aromatic rings. The Kier molecular flexibility index (Phi) is 10.8. The number of rotatable bonds is 12. The van der Waals surface area contributed by atoms with E-state index in [1.807, 2.05) is 7.05 Å². The van der Waals surface area contributed by atoms with E-state index in [9.17, 15) is 15.0 Å². The average Bonchev–Trinajstić information content (AvgIpc) is 2.88. The predicted molar refractivity (Wildman–Crippen MR) is 138 cm³/mol. The van der Waals surface area contributed by atoms with Gasteiger partial charge in [-0.15, -0.1) is 0 Å². The Morgan fingerprint density at radius 1 is 1.36 bits per heavy atom. The number of benzene rings is 1. The lowest BCUT2D eigenvalue weighted by Gasteiger charge is -2.56. The third-order valence-corrected chi connectivity index (χ3v) is 8.40. The fraction of sp³-hybridized carbons (Fsp3) is 0.741. The van der Waals surface area contributed by atoms with Gasteiger partial charge in [-0.1, -0.05) is 55.8 Å². The van der Waals surface area contributed by atoms with Crippen LogP contribution in [0.5, 0.6) is 0 Å². The zero-order chi connectivity index (χ0) is 26.2. The monoisotopic (exact) mass is 528 g/mol. The van der Waals surface area contributed by atoms with Crippen LogP contribution >= 0.6 is 11.6 Å². The number of nitrogens with zero attached hydrogens (tertiary/aromatic N) is 1. The lowest BCUT2D eigenvalue weighted by atomic mass is 9.64. The number of aliphatic hydroxyl groups is 1. The van der Waals surface area contributed by atoms with Crippen LogP contribution < -0.4 is 5.32 Å². The smallest absolute Gasteiger partial charge is 0.407 e. The van der Waals surface area contributed by atoms with Crippen molar-refractivity contribution in [2.75, 3.05) is 47.0 Å². The Morgan fingerprint density at radius 3 is 2.78 bits per heavy atom. The number of hydrogen-bond donors (Lipinski definition) is 3. The number of hydrogen-bond acceptors (Lipinski definition) is 5. The summed E-state index contributed by atoms with van der Waals surface area (Å²) in [6.45, 7) is 1.29. The summed E-state index contributed by atoms with van der Waals surface area (Å²) in [7, 11) is 3.46. The predicted octanol–water partition coefficient (Wildman–Crippen LogP) is 5.04. The fourth-order valence-corrected chi connectivity index (χ4v) is 6.45. The van der Waals surface area contributed by atoms with Crippen LogP contribution in [0.25, 0.3) is 0 Å². The van der Waals surface area contributed by atoms with Crippen molar-refractivity contribution in [2.24, 2.45) is 11.8 Å². The maximum atomic E-state index is 15.6. The van der Waals surface area contributed by atoms with Crippen molar-refractivity contribution < 1.29 is 28.9 Å². The van der Waals surface area contributed by atoms with Crippen molar-refractivity contribution in [3.63, 3.8) is 0 Å². The van der Waals surface area contributed by atoms with E-state index in [0.717, 1.165) is 32.1 Å². The minimum absolute atomic E-state index is 0.0475. The molecule has 36 heavy (non-hydrogen) atoms. The summed E-state index contributed by atoms with van der Waals surface area (Å²) < 4.78 is 27.4. The number of ether oxygens (including phenoxy) is 2. The zero-order valence-corrected chi connectivity index (χ0v) is 22.4. The van der Waals surface area contributed by atoms with Gasteiger partial charge in [-0.25, -0.2) is 9.18 Å². The Hall–Kier alpha value is -1.45. The van der Waals surface area contributed by atoms with Crippen LogP contribution in [-0.2, 0) is 15.1 Å². The first-order chi connectivity index (χ1) is 17.3. The summed E-state index contributed by atoms with van der Waals surface area (Å²) in [5.74, 6) is -0.497. The molecule has 9 heteroatoms. The fourth-order valence-electron chi connectivity index (χ4n) is 6.28. The van der Waals surface area contributed by atoms with Crippen LogP contribution in [0.2, 0.25) is 5.02 Å². The number of carbonyl (C=O) groups is 1. The molecule has 2 fully saturated rings. The summed E-state index contributed by atoms with van der Waals surface area (Å²) in [6.07, 6.45) is 6.82. The number of amides is 1. The van der Waals surface area contributed by atoms with E-state index in [1.54, 1.807) is 19.2 Å². The number of nitrogens with one attached hydrogen (secondary N) is 1. The van der Waals surface area contributed by atoms with Crippen LogP contribution in [0.15, 0.2) is 18.2 Å². The van der Waals surface area contributed by atoms with Gasteiger partial charge in [-0.2, -0.15) is 0 Å². The van der Waals surface area contributed by atoms with Gasteiger partial charge in [0.25, 0.3) is 0 Å². The molecule has 3 N–H and O–H groups in total. The highest BCUT2D eigenvalue weighted by atomic mass is 35.5. The first-order valence-electron chi connectivity index (χ1n) is 13.2. The molecule has 0 spiro atoms. The minimum atomic E-state index is -1.81. The average molecular weight is 529 g/mol. The topological polar surface area (TPSA) is 91.3 Å². The van der Waals surface area contributed by atoms with E-state index in [0.29, 0.717) is 31.9 Å². The maximum absolute atomic E-state index is 15.6. The molecular formula is C27H42ClFN2O5. The van der Waals surface area contributed by atoms with Gasteiger partial charge in [0.15, 0.2) is 0 Å². The molecule has 1 amide bonds. The van der Waals surface area contributed by atoms with E-state index in [4.69, 9.17) is 21.1 Å². The van der Waals surface area contributed by atoms with Crippen LogP contribution in [0.1, 0.15) is 63.4 Å². The zero-order valence-electron chi connectivity index (χ0n) is 21.6. The molecule has 3 rings (SSSR count). The Balaban J connectivity index is 2.15. The summed E-state index contributed by atoms with van der Waals surface area (Å²) in [4.78, 5) is 13.5. The summed E-state index contributed by atoms with van der Waals surface area (Å²) >= 11 is 6.20. The molecule has 3 atom stereocenters. The van der Waals surface area contributed by atoms with E-state index < -0.39 is 23.1 Å². The van der Waals surface area contributed by atoms with Gasteiger partial charge in [0.2, 0.25) is 0 Å². The van der Waals surface area contributed by atoms with Gasteiger partial charge in [-0.3, -0.25) is 0 Å². The molecule has 0 aromatic heterocycles. The van der Waals surface area contributed by atoms with Gasteiger partial charge < -0.3 is 29.9 Å². The van der Waals surface area contributed by atoms with Crippen molar-refractivity contribution in [3.05, 3.63) is 34.6 Å². The van der Waals surface area contributed by atoms with Crippen molar-refractivity contribution in [1.82, 2.24) is 10.2 Å². The Morgan fingerprint density at radius 2 is 2.11 bits per heavy atom. The standard InChI is InChI=1S/C27H42ClFN2O5/c1-30-18-21(17-20-9-4-3-5-10-20)27(19-31(25(32)33)14-16-36-27)26(34,13-6-7-15-35-2)22-11-8-12-23(28)24(22)29/h8,11-12,20-21,30,34H,3-7,9-10,13-19H2,1-2H3,(H,32,33)/t21-,26+,27-/m0/s1. The van der Waals surface area contributed by atoms with Crippen LogP contribution in [0.4, 0.5) is 9.18 Å². The third kappa shape index (κ3) is 6.33. The normalized spacial score (nSPS) is 23.9. The molecule has 2 aliphatic rings. The van der Waals surface area contributed by atoms with Gasteiger partial charge in [0, 0.05) is 38.3 Å². The lowest BCUT2D eigenvalue weighted by Crippen LogP contribution is -2.69. The van der Waals surface area contributed by atoms with E-state index in [1.165, 1.54) is 17.4 Å². The van der Waals surface area contributed by atoms with Crippen molar-refractivity contribution in [1.29, 1.82) is 0 Å². The van der Waals surface area contributed by atoms with E-state index in [-0.39, 0.29) is 42.6 Å². The molecule has 1 aliphatic carbocycles. The van der Waals surface area contributed by atoms with Gasteiger partial charge in [0.05, 0.1) is 18.2 Å². The molecular weight excluding hydrogens is 487 g/mol. The molecule has 1 heterocycles. The third-order valence-electron chi connectivity index (χ3n) is 8.10. The summed E-state index contributed by atoms with van der Waals surface area (Å²) in [5, 5.41) is 25.8. The molecule has 1 saturated heterocycles. The number of morpholine rings is 1. The summed E-state index contributed by atoms with van der Waals surface area (Å²) in [6, 6.07) is 4.64. The molecule has 1 aliphatic heterocycles. The minimum Gasteiger partial charge on any atom is -0.465 e. The van der Waals surface area contributed by atoms with Gasteiger partial charge >= 0.3 is 6.09 Å². The van der Waals surface area contributed by atoms with Crippen LogP contribution in [-0.4, -0.2) is 73.8 Å². The SMILES string of the molecule is CNC[C@H](CC1CCCCC1)[C@]1([C@@](O)(CCCCOC)c2cccc(Cl)c2F)CN(C(=O)O)CCO1. The van der Waals surface area contributed by atoms with E-state index >= 15 is 4.39 Å². The Labute approximate surface area is 219 Å². The van der Waals surface area contributed by atoms with Crippen molar-refractivity contribution in [2.45, 2.75) is 69.0 Å². The molecule has 0 unspecified atom stereocenters. The molecule has 0 bridgehead atoms. The molecule has 1 saturated carbocycles. The molecule has 0 radical (unpaired) electrons. The number of carboxylic acid groups (broad SMARTS) is 1. The highest BCUT2D eigenvalue weighted by Crippen LogP contribution is 2.50. The highest BCUT2D eigenvalue weighted by molar-refractivity contribution is 6.30. The first kappa shape index (κ1) is 29.1. The first-order valence-corrected chi connectivity index (χ1v) is 13.6. The van der Waals surface area contributed by atoms with Gasteiger partial charge in [-0.05, 0) is 44.7 Å². The number of halogens is 2. The second-order valence-corrected chi connectivity index (χ2v) is 10.8. The number of methoxy groups -OCH3 is 1. The second kappa shape index (κ2) is 13.4. The molecule has 7 nitrogen and oxygen atoms in total. The van der Waals surface area contributed by atoms with Crippen LogP contribution in [0, 0.1) is 17.7 Å².